The van der Waals surface area contributed by atoms with E-state index in [1.54, 1.807) is 17.8 Å². The molecule has 158 valence electrons. The molecule has 0 unspecified atom stereocenters. The zero-order valence-electron chi connectivity index (χ0n) is 17.4. The van der Waals surface area contributed by atoms with Crippen molar-refractivity contribution in [3.8, 4) is 11.3 Å². The third-order valence-electron chi connectivity index (χ3n) is 6.68. The second-order valence-corrected chi connectivity index (χ2v) is 9.02. The summed E-state index contributed by atoms with van der Waals surface area (Å²) in [6, 6.07) is 1.82. The summed E-state index contributed by atoms with van der Waals surface area (Å²) in [7, 11) is 1.78. The quantitative estimate of drug-likeness (QED) is 0.631. The highest BCUT2D eigenvalue weighted by atomic mass is 35.5. The zero-order chi connectivity index (χ0) is 21.0. The molecule has 0 aromatic carbocycles. The molecule has 0 bridgehead atoms. The Morgan fingerprint density at radius 1 is 1.33 bits per heavy atom. The minimum Gasteiger partial charge on any atom is -0.378 e. The molecule has 0 saturated carbocycles. The summed E-state index contributed by atoms with van der Waals surface area (Å²) >= 11 is 6.18. The topological polar surface area (TPSA) is 88.9 Å². The van der Waals surface area contributed by atoms with Crippen molar-refractivity contribution in [2.75, 3.05) is 24.6 Å². The van der Waals surface area contributed by atoms with E-state index in [9.17, 15) is 4.79 Å². The van der Waals surface area contributed by atoms with Gasteiger partial charge in [0, 0.05) is 31.9 Å². The van der Waals surface area contributed by atoms with Gasteiger partial charge in [0.25, 0.3) is 5.56 Å². The summed E-state index contributed by atoms with van der Waals surface area (Å²) < 4.78 is 7.46. The van der Waals surface area contributed by atoms with Crippen LogP contribution in [0.3, 0.4) is 0 Å². The molecule has 1 spiro atoms. The number of aromatic amines is 1. The number of anilines is 1. The van der Waals surface area contributed by atoms with Crippen LogP contribution in [-0.4, -0.2) is 50.5 Å². The highest BCUT2D eigenvalue weighted by Gasteiger charge is 2.41. The Labute approximate surface area is 179 Å². The number of pyridine rings is 1. The lowest BCUT2D eigenvalue weighted by molar-refractivity contribution is 0.0974. The van der Waals surface area contributed by atoms with Crippen LogP contribution < -0.4 is 10.5 Å². The molecular weight excluding hydrogens is 404 g/mol. The van der Waals surface area contributed by atoms with Crippen molar-refractivity contribution in [1.82, 2.24) is 24.7 Å². The third kappa shape index (κ3) is 3.01. The molecule has 1 N–H and O–H groups in total. The molecule has 0 aliphatic carbocycles. The molecule has 5 heterocycles. The second-order valence-electron chi connectivity index (χ2n) is 8.66. The maximum atomic E-state index is 13.3. The van der Waals surface area contributed by atoms with Gasteiger partial charge in [-0.15, -0.1) is 0 Å². The fourth-order valence-electron chi connectivity index (χ4n) is 4.87. The first-order chi connectivity index (χ1) is 14.4. The number of piperidine rings is 1. The monoisotopic (exact) mass is 428 g/mol. The van der Waals surface area contributed by atoms with Crippen LogP contribution in [0, 0.1) is 12.3 Å². The van der Waals surface area contributed by atoms with Crippen molar-refractivity contribution < 1.29 is 4.74 Å². The lowest BCUT2D eigenvalue weighted by Crippen LogP contribution is -2.43. The summed E-state index contributed by atoms with van der Waals surface area (Å²) in [6.45, 7) is 6.58. The highest BCUT2D eigenvalue weighted by Crippen LogP contribution is 2.42. The van der Waals surface area contributed by atoms with Crippen LogP contribution in [0.1, 0.15) is 31.7 Å². The van der Waals surface area contributed by atoms with Gasteiger partial charge < -0.3 is 9.64 Å². The molecule has 9 heteroatoms. The van der Waals surface area contributed by atoms with Crippen LogP contribution >= 0.6 is 11.6 Å². The highest BCUT2D eigenvalue weighted by molar-refractivity contribution is 6.30. The molecule has 8 nitrogen and oxygen atoms in total. The first-order valence-electron chi connectivity index (χ1n) is 10.3. The smallest absolute Gasteiger partial charge is 0.266 e. The van der Waals surface area contributed by atoms with Crippen LogP contribution in [0.2, 0.25) is 5.15 Å². The maximum Gasteiger partial charge on any atom is 0.266 e. The van der Waals surface area contributed by atoms with Crippen LogP contribution in [0.15, 0.2) is 17.1 Å². The lowest BCUT2D eigenvalue weighted by atomic mass is 9.77. The predicted molar refractivity (Wildman–Crippen MR) is 116 cm³/mol. The third-order valence-corrected chi connectivity index (χ3v) is 7.06. The maximum absolute atomic E-state index is 13.3. The number of nitrogens with zero attached hydrogens (tertiary/aromatic N) is 5. The predicted octanol–water partition coefficient (Wildman–Crippen LogP) is 3.08. The van der Waals surface area contributed by atoms with Gasteiger partial charge in [0.15, 0.2) is 5.65 Å². The molecule has 3 aromatic heterocycles. The zero-order valence-corrected chi connectivity index (χ0v) is 18.2. The van der Waals surface area contributed by atoms with Gasteiger partial charge >= 0.3 is 0 Å². The van der Waals surface area contributed by atoms with E-state index >= 15 is 0 Å². The first-order valence-corrected chi connectivity index (χ1v) is 10.7. The van der Waals surface area contributed by atoms with Crippen molar-refractivity contribution in [2.24, 2.45) is 12.5 Å². The van der Waals surface area contributed by atoms with Crippen molar-refractivity contribution in [2.45, 2.75) is 39.2 Å². The van der Waals surface area contributed by atoms with Gasteiger partial charge in [0.1, 0.15) is 16.2 Å². The number of fused-ring (bicyclic) bond motifs is 1. The number of hydrogen-bond donors (Lipinski definition) is 1. The SMILES string of the molecule is Cc1c(-c2n[nH]c3nc(N4CCC5(CC4)CO[C@@H](C)C5)n(C)c(=O)c23)ccnc1Cl. The van der Waals surface area contributed by atoms with Crippen LogP contribution in [0.5, 0.6) is 0 Å². The van der Waals surface area contributed by atoms with Gasteiger partial charge in [-0.2, -0.15) is 10.1 Å². The average molecular weight is 429 g/mol. The normalized spacial score (nSPS) is 21.1. The van der Waals surface area contributed by atoms with Gasteiger partial charge in [-0.3, -0.25) is 14.5 Å². The standard InChI is InChI=1S/C21H25ClN6O2/c1-12-10-21(11-30-12)5-8-28(9-6-21)20-24-18-15(19(29)27(20)3)16(25-26-18)14-4-7-23-17(22)13(14)2/h4,7,12H,5-6,8-11H2,1-3H3,(H,25,26)/t12-/m0/s1. The number of nitrogens with one attached hydrogen (secondary N) is 1. The van der Waals surface area contributed by atoms with Crippen molar-refractivity contribution >= 4 is 28.6 Å². The molecule has 3 aromatic rings. The first kappa shape index (κ1) is 19.5. The molecule has 1 atom stereocenters. The number of H-pyrrole nitrogens is 1. The Kier molecular flexibility index (Phi) is 4.59. The minimum atomic E-state index is -0.121. The van der Waals surface area contributed by atoms with Gasteiger partial charge in [-0.05, 0) is 50.2 Å². The minimum absolute atomic E-state index is 0.121. The van der Waals surface area contributed by atoms with E-state index in [1.165, 1.54) is 0 Å². The Bertz CT molecular complexity index is 1180. The molecule has 2 saturated heterocycles. The summed E-state index contributed by atoms with van der Waals surface area (Å²) in [5.74, 6) is 0.675. The molecule has 0 amide bonds. The largest absolute Gasteiger partial charge is 0.378 e. The van der Waals surface area contributed by atoms with Crippen molar-refractivity contribution in [3.05, 3.63) is 33.3 Å². The Balaban J connectivity index is 1.51. The van der Waals surface area contributed by atoms with Gasteiger partial charge in [-0.25, -0.2) is 4.98 Å². The summed E-state index contributed by atoms with van der Waals surface area (Å²) in [5, 5.41) is 8.22. The van der Waals surface area contributed by atoms with E-state index in [1.807, 2.05) is 13.0 Å². The van der Waals surface area contributed by atoms with E-state index in [0.717, 1.165) is 50.1 Å². The van der Waals surface area contributed by atoms with E-state index in [4.69, 9.17) is 21.3 Å². The molecule has 5 rings (SSSR count). The number of hydrogen-bond acceptors (Lipinski definition) is 6. The van der Waals surface area contributed by atoms with Crippen molar-refractivity contribution in [1.29, 1.82) is 0 Å². The average Bonchev–Trinajstić information content (AvgIpc) is 3.31. The number of halogens is 1. The molecule has 2 fully saturated rings. The second kappa shape index (κ2) is 7.06. The summed E-state index contributed by atoms with van der Waals surface area (Å²) in [4.78, 5) is 24.4. The Morgan fingerprint density at radius 3 is 2.80 bits per heavy atom. The lowest BCUT2D eigenvalue weighted by Gasteiger charge is -2.39. The fraction of sp³-hybridized carbons (Fsp3) is 0.524. The summed E-state index contributed by atoms with van der Waals surface area (Å²) in [6.07, 6.45) is 5.17. The Morgan fingerprint density at radius 2 is 2.10 bits per heavy atom. The van der Waals surface area contributed by atoms with E-state index < -0.39 is 0 Å². The molecular formula is C21H25ClN6O2. The van der Waals surface area contributed by atoms with Gasteiger partial charge in [0.05, 0.1) is 12.7 Å². The number of rotatable bonds is 2. The number of aromatic nitrogens is 5. The van der Waals surface area contributed by atoms with Crippen LogP contribution in [0.25, 0.3) is 22.3 Å². The van der Waals surface area contributed by atoms with E-state index in [2.05, 4.69) is 27.0 Å². The molecule has 2 aliphatic heterocycles. The summed E-state index contributed by atoms with van der Waals surface area (Å²) in [5.41, 5.74) is 2.77. The molecule has 0 radical (unpaired) electrons. The van der Waals surface area contributed by atoms with E-state index in [0.29, 0.717) is 33.9 Å². The van der Waals surface area contributed by atoms with Gasteiger partial charge in [-0.1, -0.05) is 11.6 Å². The van der Waals surface area contributed by atoms with E-state index in [-0.39, 0.29) is 11.0 Å². The fourth-order valence-corrected chi connectivity index (χ4v) is 5.03. The van der Waals surface area contributed by atoms with Gasteiger partial charge in [0.2, 0.25) is 5.95 Å². The van der Waals surface area contributed by atoms with Crippen LogP contribution in [0.4, 0.5) is 5.95 Å². The molecule has 2 aliphatic rings. The van der Waals surface area contributed by atoms with Crippen molar-refractivity contribution in [3.63, 3.8) is 0 Å². The van der Waals surface area contributed by atoms with Crippen LogP contribution in [-0.2, 0) is 11.8 Å². The number of ether oxygens (including phenoxy) is 1. The Hall–Kier alpha value is -2.45. The molecule has 30 heavy (non-hydrogen) atoms.